The molecule has 0 spiro atoms. The van der Waals surface area contributed by atoms with Crippen molar-refractivity contribution in [2.75, 3.05) is 7.05 Å². The highest BCUT2D eigenvalue weighted by molar-refractivity contribution is 9.10. The highest BCUT2D eigenvalue weighted by atomic mass is 79.9. The number of hydrogen-bond acceptors (Lipinski definition) is 2. The molecule has 0 radical (unpaired) electrons. The number of rotatable bonds is 2. The molecule has 2 unspecified atom stereocenters. The van der Waals surface area contributed by atoms with Crippen LogP contribution in [-0.2, 0) is 0 Å². The molecule has 0 aliphatic carbocycles. The quantitative estimate of drug-likeness (QED) is 0.890. The number of nitrogens with one attached hydrogen (secondary N) is 1. The summed E-state index contributed by atoms with van der Waals surface area (Å²) < 4.78 is 7.00. The lowest BCUT2D eigenvalue weighted by Crippen LogP contribution is -2.30. The monoisotopic (exact) mass is 269 g/mol. The molecule has 1 aliphatic rings. The van der Waals surface area contributed by atoms with Crippen molar-refractivity contribution in [3.8, 4) is 5.75 Å². The van der Waals surface area contributed by atoms with Gasteiger partial charge in [0.1, 0.15) is 11.9 Å². The zero-order chi connectivity index (χ0) is 10.8. The molecule has 15 heavy (non-hydrogen) atoms. The molecule has 1 aromatic rings. The molecular weight excluding hydrogens is 254 g/mol. The number of fused-ring (bicyclic) bond motifs is 1. The van der Waals surface area contributed by atoms with E-state index in [1.54, 1.807) is 0 Å². The third kappa shape index (κ3) is 2.18. The first kappa shape index (κ1) is 11.0. The summed E-state index contributed by atoms with van der Waals surface area (Å²) in [6, 6.07) is 6.68. The molecule has 2 nitrogen and oxygen atoms in total. The van der Waals surface area contributed by atoms with Gasteiger partial charge in [0.2, 0.25) is 0 Å². The van der Waals surface area contributed by atoms with Crippen LogP contribution >= 0.6 is 15.9 Å². The van der Waals surface area contributed by atoms with Crippen LogP contribution in [0.15, 0.2) is 22.7 Å². The summed E-state index contributed by atoms with van der Waals surface area (Å²) in [5.74, 6) is 1.02. The predicted molar refractivity (Wildman–Crippen MR) is 65.3 cm³/mol. The Morgan fingerprint density at radius 2 is 2.33 bits per heavy atom. The molecule has 0 aromatic heterocycles. The summed E-state index contributed by atoms with van der Waals surface area (Å²) in [6.45, 7) is 2.17. The SMILES string of the molecule is CCC1CC(NC)c2ccc(Br)cc2O1. The van der Waals surface area contributed by atoms with Crippen molar-refractivity contribution in [2.45, 2.75) is 31.9 Å². The van der Waals surface area contributed by atoms with E-state index in [1.807, 2.05) is 7.05 Å². The van der Waals surface area contributed by atoms with Crippen molar-refractivity contribution in [3.05, 3.63) is 28.2 Å². The van der Waals surface area contributed by atoms with E-state index in [-0.39, 0.29) is 0 Å². The molecule has 0 saturated heterocycles. The van der Waals surface area contributed by atoms with Gasteiger partial charge in [-0.3, -0.25) is 0 Å². The third-order valence-corrected chi connectivity index (χ3v) is 3.44. The van der Waals surface area contributed by atoms with Crippen LogP contribution in [0.4, 0.5) is 0 Å². The zero-order valence-corrected chi connectivity index (χ0v) is 10.7. The van der Waals surface area contributed by atoms with Crippen LogP contribution in [0.3, 0.4) is 0 Å². The highest BCUT2D eigenvalue weighted by Gasteiger charge is 2.26. The van der Waals surface area contributed by atoms with Gasteiger partial charge in [-0.05, 0) is 25.6 Å². The van der Waals surface area contributed by atoms with E-state index in [0.717, 1.165) is 23.1 Å². The normalized spacial score (nSPS) is 24.5. The van der Waals surface area contributed by atoms with E-state index < -0.39 is 0 Å². The molecule has 1 heterocycles. The first-order chi connectivity index (χ1) is 7.24. The van der Waals surface area contributed by atoms with Crippen LogP contribution in [0, 0.1) is 0 Å². The van der Waals surface area contributed by atoms with Gasteiger partial charge in [0, 0.05) is 22.5 Å². The number of benzene rings is 1. The minimum absolute atomic E-state index is 0.337. The predicted octanol–water partition coefficient (Wildman–Crippen LogP) is 3.27. The number of ether oxygens (including phenoxy) is 1. The average molecular weight is 270 g/mol. The maximum absolute atomic E-state index is 5.92. The van der Waals surface area contributed by atoms with Crippen molar-refractivity contribution < 1.29 is 4.74 Å². The Kier molecular flexibility index (Phi) is 3.32. The summed E-state index contributed by atoms with van der Waals surface area (Å²) in [5.41, 5.74) is 1.27. The molecule has 1 aliphatic heterocycles. The van der Waals surface area contributed by atoms with Gasteiger partial charge >= 0.3 is 0 Å². The van der Waals surface area contributed by atoms with E-state index in [9.17, 15) is 0 Å². The van der Waals surface area contributed by atoms with Gasteiger partial charge in [-0.25, -0.2) is 0 Å². The van der Waals surface area contributed by atoms with Gasteiger partial charge < -0.3 is 10.1 Å². The Balaban J connectivity index is 2.35. The molecule has 2 rings (SSSR count). The molecule has 1 aromatic carbocycles. The molecule has 0 saturated carbocycles. The highest BCUT2D eigenvalue weighted by Crippen LogP contribution is 2.36. The van der Waals surface area contributed by atoms with E-state index >= 15 is 0 Å². The van der Waals surface area contributed by atoms with Crippen molar-refractivity contribution in [3.63, 3.8) is 0 Å². The molecule has 0 amide bonds. The lowest BCUT2D eigenvalue weighted by Gasteiger charge is -2.31. The molecule has 82 valence electrons. The van der Waals surface area contributed by atoms with Gasteiger partial charge in [0.15, 0.2) is 0 Å². The smallest absolute Gasteiger partial charge is 0.125 e. The number of halogens is 1. The first-order valence-corrected chi connectivity index (χ1v) is 6.17. The van der Waals surface area contributed by atoms with Crippen LogP contribution in [0.25, 0.3) is 0 Å². The Morgan fingerprint density at radius 1 is 1.53 bits per heavy atom. The second-order valence-electron chi connectivity index (χ2n) is 3.91. The van der Waals surface area contributed by atoms with Crippen LogP contribution in [0.1, 0.15) is 31.4 Å². The largest absolute Gasteiger partial charge is 0.490 e. The topological polar surface area (TPSA) is 21.3 Å². The molecule has 0 fully saturated rings. The minimum atomic E-state index is 0.337. The second kappa shape index (κ2) is 4.54. The van der Waals surface area contributed by atoms with E-state index in [1.165, 1.54) is 5.56 Å². The summed E-state index contributed by atoms with van der Waals surface area (Å²) in [7, 11) is 2.01. The number of hydrogen-bond donors (Lipinski definition) is 1. The van der Waals surface area contributed by atoms with Crippen molar-refractivity contribution in [1.29, 1.82) is 0 Å². The minimum Gasteiger partial charge on any atom is -0.490 e. The van der Waals surface area contributed by atoms with Gasteiger partial charge in [-0.1, -0.05) is 28.9 Å². The molecular formula is C12H16BrNO. The molecule has 2 atom stereocenters. The Hall–Kier alpha value is -0.540. The van der Waals surface area contributed by atoms with E-state index in [4.69, 9.17) is 4.74 Å². The fourth-order valence-electron chi connectivity index (χ4n) is 2.04. The Morgan fingerprint density at radius 3 is 3.00 bits per heavy atom. The average Bonchev–Trinajstić information content (AvgIpc) is 2.26. The van der Waals surface area contributed by atoms with Gasteiger partial charge in [-0.2, -0.15) is 0 Å². The summed E-state index contributed by atoms with van der Waals surface area (Å²) in [4.78, 5) is 0. The fourth-order valence-corrected chi connectivity index (χ4v) is 2.38. The molecule has 0 bridgehead atoms. The van der Waals surface area contributed by atoms with Gasteiger partial charge in [-0.15, -0.1) is 0 Å². The zero-order valence-electron chi connectivity index (χ0n) is 9.09. The summed E-state index contributed by atoms with van der Waals surface area (Å²) >= 11 is 3.47. The standard InChI is InChI=1S/C12H16BrNO/c1-3-9-7-11(14-2)10-5-4-8(13)6-12(10)15-9/h4-6,9,11,14H,3,7H2,1-2H3. The fraction of sp³-hybridized carbons (Fsp3) is 0.500. The van der Waals surface area contributed by atoms with E-state index in [2.05, 4.69) is 46.4 Å². The van der Waals surface area contributed by atoms with Crippen molar-refractivity contribution >= 4 is 15.9 Å². The van der Waals surface area contributed by atoms with Crippen molar-refractivity contribution in [1.82, 2.24) is 5.32 Å². The van der Waals surface area contributed by atoms with Crippen LogP contribution in [0.2, 0.25) is 0 Å². The van der Waals surface area contributed by atoms with Crippen LogP contribution in [-0.4, -0.2) is 13.2 Å². The summed E-state index contributed by atoms with van der Waals surface area (Å²) in [5, 5.41) is 3.35. The van der Waals surface area contributed by atoms with E-state index in [0.29, 0.717) is 12.1 Å². The lowest BCUT2D eigenvalue weighted by molar-refractivity contribution is 0.148. The second-order valence-corrected chi connectivity index (χ2v) is 4.82. The first-order valence-electron chi connectivity index (χ1n) is 5.38. The van der Waals surface area contributed by atoms with Crippen molar-refractivity contribution in [2.24, 2.45) is 0 Å². The maximum Gasteiger partial charge on any atom is 0.125 e. The Labute approximate surface area is 99.1 Å². The van der Waals surface area contributed by atoms with Gasteiger partial charge in [0.05, 0.1) is 0 Å². The Bertz CT molecular complexity index is 353. The molecule has 1 N–H and O–H groups in total. The van der Waals surface area contributed by atoms with Crippen LogP contribution in [0.5, 0.6) is 5.75 Å². The lowest BCUT2D eigenvalue weighted by atomic mass is 9.95. The van der Waals surface area contributed by atoms with Crippen LogP contribution < -0.4 is 10.1 Å². The third-order valence-electron chi connectivity index (χ3n) is 2.95. The summed E-state index contributed by atoms with van der Waals surface area (Å²) in [6.07, 6.45) is 2.45. The van der Waals surface area contributed by atoms with Gasteiger partial charge in [0.25, 0.3) is 0 Å². The maximum atomic E-state index is 5.92. The molecule has 3 heteroatoms.